The predicted octanol–water partition coefficient (Wildman–Crippen LogP) is 4.99. The van der Waals surface area contributed by atoms with Gasteiger partial charge >= 0.3 is 0 Å². The molecule has 0 unspecified atom stereocenters. The van der Waals surface area contributed by atoms with E-state index < -0.39 is 0 Å². The van der Waals surface area contributed by atoms with Gasteiger partial charge in [-0.2, -0.15) is 5.10 Å². The highest BCUT2D eigenvalue weighted by molar-refractivity contribution is 5.80. The Hall–Kier alpha value is -2.82. The molecule has 2 rings (SSSR count). The summed E-state index contributed by atoms with van der Waals surface area (Å²) in [6.45, 7) is 12.7. The maximum Gasteiger partial charge on any atom is 0.148 e. The zero-order chi connectivity index (χ0) is 20.5. The summed E-state index contributed by atoms with van der Waals surface area (Å²) in [5.74, 6) is 0.719. The standard InChI is InChI=1S/C23H33N5/c1-7-12-28(13-8-2)21-15-22(19(4)27(5)6)25-23(16-21)26-24-17-20-11-9-10-18(3)14-20/h9-11,14-17H,4,7-8,12-13H2,1-3,5-6H3,(H,25,26)/b24-17+. The van der Waals surface area contributed by atoms with Crippen LogP contribution in [0.25, 0.3) is 5.70 Å². The zero-order valence-corrected chi connectivity index (χ0v) is 17.9. The second-order valence-electron chi connectivity index (χ2n) is 7.21. The van der Waals surface area contributed by atoms with Crippen molar-refractivity contribution in [3.8, 4) is 0 Å². The Morgan fingerprint density at radius 1 is 1.14 bits per heavy atom. The number of aromatic nitrogens is 1. The van der Waals surface area contributed by atoms with E-state index >= 15 is 0 Å². The van der Waals surface area contributed by atoms with E-state index in [0.717, 1.165) is 54.4 Å². The van der Waals surface area contributed by atoms with Crippen LogP contribution in [0.4, 0.5) is 11.5 Å². The molecule has 0 spiro atoms. The summed E-state index contributed by atoms with van der Waals surface area (Å²) in [5.41, 5.74) is 8.24. The average Bonchev–Trinajstić information content (AvgIpc) is 2.67. The highest BCUT2D eigenvalue weighted by Crippen LogP contribution is 2.24. The van der Waals surface area contributed by atoms with E-state index in [1.807, 2.05) is 37.3 Å². The second-order valence-corrected chi connectivity index (χ2v) is 7.21. The molecule has 1 aromatic carbocycles. The van der Waals surface area contributed by atoms with Gasteiger partial charge in [-0.3, -0.25) is 5.43 Å². The number of hydrogen-bond acceptors (Lipinski definition) is 5. The molecule has 2 aromatic rings. The normalized spacial score (nSPS) is 10.9. The number of pyridine rings is 1. The van der Waals surface area contributed by atoms with Crippen LogP contribution in [0.15, 0.2) is 48.1 Å². The second kappa shape index (κ2) is 10.5. The van der Waals surface area contributed by atoms with Crippen LogP contribution in [0.3, 0.4) is 0 Å². The van der Waals surface area contributed by atoms with Gasteiger partial charge in [0.25, 0.3) is 0 Å². The third-order valence-corrected chi connectivity index (χ3v) is 4.43. The summed E-state index contributed by atoms with van der Waals surface area (Å²) >= 11 is 0. The van der Waals surface area contributed by atoms with Crippen LogP contribution in [0, 0.1) is 6.92 Å². The van der Waals surface area contributed by atoms with E-state index in [1.54, 1.807) is 0 Å². The quantitative estimate of drug-likeness (QED) is 0.466. The third-order valence-electron chi connectivity index (χ3n) is 4.43. The molecule has 0 saturated heterocycles. The molecule has 0 aliphatic rings. The van der Waals surface area contributed by atoms with Crippen LogP contribution in [0.1, 0.15) is 43.5 Å². The first-order valence-corrected chi connectivity index (χ1v) is 9.94. The molecule has 0 bridgehead atoms. The van der Waals surface area contributed by atoms with Crippen molar-refractivity contribution in [2.45, 2.75) is 33.6 Å². The summed E-state index contributed by atoms with van der Waals surface area (Å²) in [5, 5.41) is 4.39. The van der Waals surface area contributed by atoms with Crippen molar-refractivity contribution in [2.24, 2.45) is 5.10 Å². The lowest BCUT2D eigenvalue weighted by molar-refractivity contribution is 0.590. The van der Waals surface area contributed by atoms with Crippen molar-refractivity contribution in [3.63, 3.8) is 0 Å². The molecular formula is C23H33N5. The number of hydrogen-bond donors (Lipinski definition) is 1. The van der Waals surface area contributed by atoms with Crippen molar-refractivity contribution >= 4 is 23.4 Å². The van der Waals surface area contributed by atoms with Crippen molar-refractivity contribution < 1.29 is 0 Å². The molecule has 0 aliphatic heterocycles. The molecule has 1 aromatic heterocycles. The van der Waals surface area contributed by atoms with E-state index in [-0.39, 0.29) is 0 Å². The highest BCUT2D eigenvalue weighted by atomic mass is 15.3. The van der Waals surface area contributed by atoms with Gasteiger partial charge in [0.2, 0.25) is 0 Å². The summed E-state index contributed by atoms with van der Waals surface area (Å²) in [4.78, 5) is 9.09. The van der Waals surface area contributed by atoms with Crippen LogP contribution < -0.4 is 10.3 Å². The van der Waals surface area contributed by atoms with Crippen molar-refractivity contribution in [3.05, 3.63) is 59.8 Å². The Balaban J connectivity index is 2.31. The molecule has 0 radical (unpaired) electrons. The molecule has 28 heavy (non-hydrogen) atoms. The minimum Gasteiger partial charge on any atom is -0.376 e. The molecule has 1 heterocycles. The van der Waals surface area contributed by atoms with Crippen LogP contribution in [-0.2, 0) is 0 Å². The summed E-state index contributed by atoms with van der Waals surface area (Å²) < 4.78 is 0. The maximum absolute atomic E-state index is 4.71. The fraction of sp³-hybridized carbons (Fsp3) is 0.391. The highest BCUT2D eigenvalue weighted by Gasteiger charge is 2.12. The van der Waals surface area contributed by atoms with Gasteiger partial charge in [0.15, 0.2) is 0 Å². The van der Waals surface area contributed by atoms with E-state index in [9.17, 15) is 0 Å². The Bertz CT molecular complexity index is 804. The van der Waals surface area contributed by atoms with E-state index in [2.05, 4.69) is 67.0 Å². The Morgan fingerprint density at radius 2 is 1.86 bits per heavy atom. The van der Waals surface area contributed by atoms with Gasteiger partial charge in [0.05, 0.1) is 17.6 Å². The molecule has 5 nitrogen and oxygen atoms in total. The van der Waals surface area contributed by atoms with Crippen LogP contribution in [0.2, 0.25) is 0 Å². The van der Waals surface area contributed by atoms with E-state index in [0.29, 0.717) is 0 Å². The summed E-state index contributed by atoms with van der Waals surface area (Å²) in [6.07, 6.45) is 4.01. The van der Waals surface area contributed by atoms with Gasteiger partial charge in [-0.1, -0.05) is 50.3 Å². The number of rotatable bonds is 10. The first-order valence-electron chi connectivity index (χ1n) is 9.94. The first-order chi connectivity index (χ1) is 13.4. The van der Waals surface area contributed by atoms with Crippen LogP contribution >= 0.6 is 0 Å². The monoisotopic (exact) mass is 379 g/mol. The number of aryl methyl sites for hydroxylation is 1. The minimum atomic E-state index is 0.719. The lowest BCUT2D eigenvalue weighted by Crippen LogP contribution is -2.25. The van der Waals surface area contributed by atoms with Gasteiger partial charge in [-0.15, -0.1) is 0 Å². The molecule has 150 valence electrons. The molecule has 0 fully saturated rings. The maximum atomic E-state index is 4.71. The third kappa shape index (κ3) is 6.12. The van der Waals surface area contributed by atoms with Gasteiger partial charge in [-0.05, 0) is 31.4 Å². The number of benzene rings is 1. The van der Waals surface area contributed by atoms with Gasteiger partial charge in [0, 0.05) is 38.9 Å². The summed E-state index contributed by atoms with van der Waals surface area (Å²) in [6, 6.07) is 12.4. The predicted molar refractivity (Wildman–Crippen MR) is 122 cm³/mol. The number of anilines is 2. The molecule has 0 aliphatic carbocycles. The van der Waals surface area contributed by atoms with Gasteiger partial charge in [-0.25, -0.2) is 4.98 Å². The van der Waals surface area contributed by atoms with Gasteiger partial charge < -0.3 is 9.80 Å². The molecule has 0 atom stereocenters. The molecule has 5 heteroatoms. The van der Waals surface area contributed by atoms with Crippen LogP contribution in [0.5, 0.6) is 0 Å². The van der Waals surface area contributed by atoms with Crippen molar-refractivity contribution in [1.29, 1.82) is 0 Å². The lowest BCUT2D eigenvalue weighted by Gasteiger charge is -2.25. The topological polar surface area (TPSA) is 43.8 Å². The van der Waals surface area contributed by atoms with E-state index in [4.69, 9.17) is 4.98 Å². The number of hydrazone groups is 1. The molecular weight excluding hydrogens is 346 g/mol. The summed E-state index contributed by atoms with van der Waals surface area (Å²) in [7, 11) is 3.96. The van der Waals surface area contributed by atoms with Crippen molar-refractivity contribution in [2.75, 3.05) is 37.5 Å². The SMILES string of the molecule is C=C(c1cc(N(CCC)CCC)cc(N/N=C/c2cccc(C)c2)n1)N(C)C. The molecule has 1 N–H and O–H groups in total. The Kier molecular flexibility index (Phi) is 8.05. The van der Waals surface area contributed by atoms with E-state index in [1.165, 1.54) is 5.56 Å². The fourth-order valence-corrected chi connectivity index (χ4v) is 2.97. The first kappa shape index (κ1) is 21.5. The van der Waals surface area contributed by atoms with Crippen molar-refractivity contribution in [1.82, 2.24) is 9.88 Å². The minimum absolute atomic E-state index is 0.719. The number of nitrogens with one attached hydrogen (secondary N) is 1. The Morgan fingerprint density at radius 3 is 2.46 bits per heavy atom. The van der Waals surface area contributed by atoms with Crippen LogP contribution in [-0.4, -0.2) is 43.3 Å². The fourth-order valence-electron chi connectivity index (χ4n) is 2.97. The zero-order valence-electron chi connectivity index (χ0n) is 17.9. The molecule has 0 saturated carbocycles. The smallest absolute Gasteiger partial charge is 0.148 e. The lowest BCUT2D eigenvalue weighted by atomic mass is 10.2. The Labute approximate surface area is 169 Å². The van der Waals surface area contributed by atoms with Gasteiger partial charge in [0.1, 0.15) is 5.82 Å². The average molecular weight is 380 g/mol. The number of nitrogens with zero attached hydrogens (tertiary/aromatic N) is 4. The largest absolute Gasteiger partial charge is 0.376 e. The molecule has 0 amide bonds.